The maximum Gasteiger partial charge on any atom is 0.295 e. The van der Waals surface area contributed by atoms with Crippen molar-refractivity contribution in [1.29, 1.82) is 0 Å². The van der Waals surface area contributed by atoms with E-state index in [1.807, 2.05) is 50.2 Å². The molecule has 0 aromatic heterocycles. The van der Waals surface area contributed by atoms with Gasteiger partial charge in [-0.05, 0) is 72.3 Å². The van der Waals surface area contributed by atoms with Crippen LogP contribution in [0.5, 0.6) is 11.5 Å². The summed E-state index contributed by atoms with van der Waals surface area (Å²) in [6.45, 7) is 3.49. The molecule has 1 aliphatic rings. The number of halogens is 1. The number of nitrogens with zero attached hydrogens (tertiary/aromatic N) is 2. The topological polar surface area (TPSA) is 79.3 Å². The Morgan fingerprint density at radius 1 is 1.18 bits per heavy atom. The molecule has 0 saturated carbocycles. The van der Waals surface area contributed by atoms with Gasteiger partial charge in [0, 0.05) is 18.7 Å². The first-order chi connectivity index (χ1) is 15.8. The summed E-state index contributed by atoms with van der Waals surface area (Å²) in [6, 6.07) is 11.6. The van der Waals surface area contributed by atoms with Gasteiger partial charge < -0.3 is 24.4 Å². The Morgan fingerprint density at radius 3 is 2.58 bits per heavy atom. The van der Waals surface area contributed by atoms with Gasteiger partial charge in [-0.1, -0.05) is 19.1 Å². The van der Waals surface area contributed by atoms with E-state index >= 15 is 0 Å². The van der Waals surface area contributed by atoms with E-state index in [9.17, 15) is 14.7 Å². The average molecular weight is 517 g/mol. The van der Waals surface area contributed by atoms with Gasteiger partial charge >= 0.3 is 0 Å². The highest BCUT2D eigenvalue weighted by atomic mass is 79.9. The van der Waals surface area contributed by atoms with Crippen LogP contribution in [0.3, 0.4) is 0 Å². The third-order valence-electron chi connectivity index (χ3n) is 5.40. The number of amides is 1. The minimum Gasteiger partial charge on any atom is -0.507 e. The number of aliphatic hydroxyl groups excluding tert-OH is 1. The van der Waals surface area contributed by atoms with E-state index in [-0.39, 0.29) is 11.3 Å². The Hall–Kier alpha value is -2.84. The molecule has 3 rings (SSSR count). The fourth-order valence-electron chi connectivity index (χ4n) is 3.73. The van der Waals surface area contributed by atoms with Crippen LogP contribution in [0, 0.1) is 0 Å². The molecule has 1 saturated heterocycles. The Labute approximate surface area is 202 Å². The molecule has 7 nitrogen and oxygen atoms in total. The van der Waals surface area contributed by atoms with E-state index in [0.717, 1.165) is 6.42 Å². The van der Waals surface area contributed by atoms with Gasteiger partial charge in [-0.2, -0.15) is 0 Å². The fraction of sp³-hybridized carbons (Fsp3) is 0.360. The van der Waals surface area contributed by atoms with Gasteiger partial charge in [0.2, 0.25) is 0 Å². The molecule has 2 aromatic rings. The number of likely N-dealkylation sites (tertiary alicyclic amines) is 1. The summed E-state index contributed by atoms with van der Waals surface area (Å²) in [7, 11) is 5.35. The van der Waals surface area contributed by atoms with Gasteiger partial charge in [0.1, 0.15) is 17.3 Å². The molecule has 1 fully saturated rings. The molecule has 0 bridgehead atoms. The van der Waals surface area contributed by atoms with Gasteiger partial charge in [-0.3, -0.25) is 9.59 Å². The van der Waals surface area contributed by atoms with Crippen LogP contribution in [0.1, 0.15) is 30.5 Å². The minimum absolute atomic E-state index is 0.0588. The number of ketones is 1. The Balaban J connectivity index is 2.13. The maximum absolute atomic E-state index is 13.1. The number of benzene rings is 2. The predicted octanol–water partition coefficient (Wildman–Crippen LogP) is 4.23. The molecule has 2 aromatic carbocycles. The van der Waals surface area contributed by atoms with Crippen molar-refractivity contribution < 1.29 is 24.2 Å². The van der Waals surface area contributed by atoms with Crippen LogP contribution in [0.15, 0.2) is 52.5 Å². The van der Waals surface area contributed by atoms with Gasteiger partial charge in [0.25, 0.3) is 11.7 Å². The van der Waals surface area contributed by atoms with E-state index in [1.165, 1.54) is 4.90 Å². The Bertz CT molecular complexity index is 1070. The van der Waals surface area contributed by atoms with Gasteiger partial charge in [-0.25, -0.2) is 0 Å². The monoisotopic (exact) mass is 516 g/mol. The first-order valence-corrected chi connectivity index (χ1v) is 11.6. The number of hydrogen-bond donors (Lipinski definition) is 1. The summed E-state index contributed by atoms with van der Waals surface area (Å²) >= 11 is 3.41. The van der Waals surface area contributed by atoms with Crippen LogP contribution in [-0.4, -0.2) is 67.5 Å². The third-order valence-corrected chi connectivity index (χ3v) is 6.02. The number of hydrogen-bond acceptors (Lipinski definition) is 6. The molecule has 1 amide bonds. The van der Waals surface area contributed by atoms with Crippen molar-refractivity contribution in [3.05, 3.63) is 63.6 Å². The molecule has 176 valence electrons. The summed E-state index contributed by atoms with van der Waals surface area (Å²) in [4.78, 5) is 29.6. The maximum atomic E-state index is 13.1. The number of ether oxygens (including phenoxy) is 2. The molecule has 1 aliphatic heterocycles. The zero-order valence-corrected chi connectivity index (χ0v) is 20.9. The second kappa shape index (κ2) is 10.9. The first kappa shape index (κ1) is 24.8. The number of carbonyl (C=O) groups is 2. The predicted molar refractivity (Wildman–Crippen MR) is 130 cm³/mol. The van der Waals surface area contributed by atoms with Crippen molar-refractivity contribution in [2.75, 3.05) is 40.9 Å². The van der Waals surface area contributed by atoms with Crippen molar-refractivity contribution in [2.24, 2.45) is 0 Å². The zero-order chi connectivity index (χ0) is 24.1. The Morgan fingerprint density at radius 2 is 1.94 bits per heavy atom. The van der Waals surface area contributed by atoms with Crippen LogP contribution in [-0.2, 0) is 9.59 Å². The van der Waals surface area contributed by atoms with E-state index in [4.69, 9.17) is 9.47 Å². The van der Waals surface area contributed by atoms with Crippen LogP contribution < -0.4 is 9.47 Å². The SMILES string of the molecule is CCCOc1cccc(C2/C(=C(\O)c3ccc(OC)c(Br)c3)C(=O)C(=O)N2CCN(C)C)c1. The molecular weight excluding hydrogens is 488 g/mol. The lowest BCUT2D eigenvalue weighted by Crippen LogP contribution is -2.35. The molecule has 33 heavy (non-hydrogen) atoms. The second-order valence-corrected chi connectivity index (χ2v) is 8.92. The lowest BCUT2D eigenvalue weighted by Gasteiger charge is -2.27. The van der Waals surface area contributed by atoms with Crippen LogP contribution in [0.25, 0.3) is 5.76 Å². The van der Waals surface area contributed by atoms with Crippen LogP contribution >= 0.6 is 15.9 Å². The van der Waals surface area contributed by atoms with Crippen molar-refractivity contribution in [2.45, 2.75) is 19.4 Å². The third kappa shape index (κ3) is 5.39. The highest BCUT2D eigenvalue weighted by Crippen LogP contribution is 2.41. The van der Waals surface area contributed by atoms with Crippen molar-refractivity contribution >= 4 is 33.4 Å². The number of methoxy groups -OCH3 is 1. The molecule has 8 heteroatoms. The number of Topliss-reactive ketones (excluding diaryl/α,β-unsaturated/α-hetero) is 1. The molecule has 1 heterocycles. The largest absolute Gasteiger partial charge is 0.507 e. The van der Waals surface area contributed by atoms with Crippen molar-refractivity contribution in [3.63, 3.8) is 0 Å². The fourth-order valence-corrected chi connectivity index (χ4v) is 4.27. The summed E-state index contributed by atoms with van der Waals surface area (Å²) in [5, 5.41) is 11.2. The summed E-state index contributed by atoms with van der Waals surface area (Å²) in [5.74, 6) is -0.317. The Kier molecular flexibility index (Phi) is 8.15. The van der Waals surface area contributed by atoms with Gasteiger partial charge in [0.05, 0.1) is 29.8 Å². The smallest absolute Gasteiger partial charge is 0.295 e. The molecule has 1 atom stereocenters. The van der Waals surface area contributed by atoms with E-state index in [2.05, 4.69) is 15.9 Å². The highest BCUT2D eigenvalue weighted by Gasteiger charge is 2.46. The molecule has 1 unspecified atom stereocenters. The number of rotatable bonds is 9. The normalized spacial score (nSPS) is 17.6. The second-order valence-electron chi connectivity index (χ2n) is 8.07. The highest BCUT2D eigenvalue weighted by molar-refractivity contribution is 9.10. The number of aliphatic hydroxyl groups is 1. The van der Waals surface area contributed by atoms with Gasteiger partial charge in [0.15, 0.2) is 0 Å². The van der Waals surface area contributed by atoms with E-state index < -0.39 is 17.7 Å². The van der Waals surface area contributed by atoms with Crippen molar-refractivity contribution in [3.8, 4) is 11.5 Å². The zero-order valence-electron chi connectivity index (χ0n) is 19.3. The summed E-state index contributed by atoms with van der Waals surface area (Å²) in [6.07, 6.45) is 0.859. The number of likely N-dealkylation sites (N-methyl/N-ethyl adjacent to an activating group) is 1. The van der Waals surface area contributed by atoms with E-state index in [0.29, 0.717) is 46.8 Å². The molecular formula is C25H29BrN2O5. The summed E-state index contributed by atoms with van der Waals surface area (Å²) < 4.78 is 11.7. The lowest BCUT2D eigenvalue weighted by molar-refractivity contribution is -0.140. The molecule has 0 radical (unpaired) electrons. The molecule has 1 N–H and O–H groups in total. The van der Waals surface area contributed by atoms with Crippen LogP contribution in [0.4, 0.5) is 0 Å². The number of carbonyl (C=O) groups excluding carboxylic acids is 2. The quantitative estimate of drug-likeness (QED) is 0.305. The average Bonchev–Trinajstić information content (AvgIpc) is 3.05. The lowest BCUT2D eigenvalue weighted by atomic mass is 9.95. The minimum atomic E-state index is -0.726. The molecule has 0 spiro atoms. The van der Waals surface area contributed by atoms with Gasteiger partial charge in [-0.15, -0.1) is 0 Å². The van der Waals surface area contributed by atoms with Crippen LogP contribution in [0.2, 0.25) is 0 Å². The standard InChI is InChI=1S/C25H29BrN2O5/c1-5-13-33-18-8-6-7-16(14-18)22-21(24(30)25(31)28(22)12-11-27(2)3)23(29)17-9-10-20(32-4)19(26)15-17/h6-10,14-15,22,29H,5,11-13H2,1-4H3/b23-21+. The summed E-state index contributed by atoms with van der Waals surface area (Å²) in [5.41, 5.74) is 1.18. The first-order valence-electron chi connectivity index (χ1n) is 10.8. The molecule has 0 aliphatic carbocycles. The van der Waals surface area contributed by atoms with E-state index in [1.54, 1.807) is 25.3 Å². The van der Waals surface area contributed by atoms with Crippen molar-refractivity contribution in [1.82, 2.24) is 9.80 Å².